The van der Waals surface area contributed by atoms with Crippen molar-refractivity contribution < 1.29 is 9.18 Å². The lowest BCUT2D eigenvalue weighted by molar-refractivity contribution is 0.0666. The maximum absolute atomic E-state index is 13.8. The quantitative estimate of drug-likeness (QED) is 0.927. The molecule has 0 saturated carbocycles. The van der Waals surface area contributed by atoms with Crippen LogP contribution in [0.15, 0.2) is 30.5 Å². The molecule has 1 aliphatic rings. The monoisotopic (exact) mass is 342 g/mol. The highest BCUT2D eigenvalue weighted by molar-refractivity contribution is 5.95. The normalized spacial score (nSPS) is 17.5. The van der Waals surface area contributed by atoms with Gasteiger partial charge in [0, 0.05) is 19.3 Å². The number of benzene rings is 1. The van der Waals surface area contributed by atoms with Gasteiger partial charge in [0.1, 0.15) is 5.82 Å². The average molecular weight is 342 g/mol. The molecule has 1 saturated heterocycles. The van der Waals surface area contributed by atoms with E-state index in [2.05, 4.69) is 9.97 Å². The maximum atomic E-state index is 13.8. The third-order valence-electron chi connectivity index (χ3n) is 4.81. The van der Waals surface area contributed by atoms with Gasteiger partial charge in [0.25, 0.3) is 5.91 Å². The van der Waals surface area contributed by atoms with Crippen LogP contribution in [0.25, 0.3) is 0 Å². The number of halogens is 1. The fraction of sp³-hybridized carbons (Fsp3) is 0.421. The molecule has 1 fully saturated rings. The van der Waals surface area contributed by atoms with Gasteiger partial charge in [0.05, 0.1) is 11.3 Å². The first-order valence-corrected chi connectivity index (χ1v) is 8.66. The van der Waals surface area contributed by atoms with Gasteiger partial charge in [-0.1, -0.05) is 18.2 Å². The molecule has 0 radical (unpaired) electrons. The van der Waals surface area contributed by atoms with Gasteiger partial charge in [-0.25, -0.2) is 14.4 Å². The van der Waals surface area contributed by atoms with E-state index in [1.807, 2.05) is 17.0 Å². The number of carbonyl (C=O) groups excluding carboxylic acids is 1. The number of hydrogen-bond acceptors (Lipinski definition) is 4. The number of amides is 1. The molecule has 5 nitrogen and oxygen atoms in total. The van der Waals surface area contributed by atoms with Crippen LogP contribution in [0.3, 0.4) is 0 Å². The van der Waals surface area contributed by atoms with Crippen LogP contribution >= 0.6 is 0 Å². The number of nitrogens with two attached hydrogens (primary N) is 1. The lowest BCUT2D eigenvalue weighted by Crippen LogP contribution is -2.40. The highest BCUT2D eigenvalue weighted by atomic mass is 19.1. The molecule has 132 valence electrons. The SMILES string of the molecule is Cc1nc(N)ncc1C(=O)N1CCC[C@H](CCc2ccccc2F)C1. The molecule has 25 heavy (non-hydrogen) atoms. The Hall–Kier alpha value is -2.50. The summed E-state index contributed by atoms with van der Waals surface area (Å²) >= 11 is 0. The molecule has 0 aliphatic carbocycles. The number of carbonyl (C=O) groups is 1. The van der Waals surface area contributed by atoms with Gasteiger partial charge in [0.15, 0.2) is 0 Å². The molecule has 1 amide bonds. The number of piperidine rings is 1. The van der Waals surface area contributed by atoms with Crippen molar-refractivity contribution in [1.82, 2.24) is 14.9 Å². The number of aromatic nitrogens is 2. The molecule has 2 aromatic rings. The molecular weight excluding hydrogens is 319 g/mol. The molecule has 0 spiro atoms. The van der Waals surface area contributed by atoms with Gasteiger partial charge in [-0.05, 0) is 50.2 Å². The standard InChI is InChI=1S/C19H23FN4O/c1-13-16(11-22-19(21)23-13)18(25)24-10-4-5-14(12-24)8-9-15-6-2-3-7-17(15)20/h2-3,6-7,11,14H,4-5,8-10,12H2,1H3,(H2,21,22,23)/t14-/m1/s1. The van der Waals surface area contributed by atoms with E-state index in [0.29, 0.717) is 30.1 Å². The zero-order valence-electron chi connectivity index (χ0n) is 14.4. The Bertz CT molecular complexity index is 765. The Labute approximate surface area is 147 Å². The number of nitrogens with zero attached hydrogens (tertiary/aromatic N) is 3. The van der Waals surface area contributed by atoms with Gasteiger partial charge in [-0.2, -0.15) is 0 Å². The fourth-order valence-electron chi connectivity index (χ4n) is 3.41. The molecule has 2 N–H and O–H groups in total. The number of hydrogen-bond donors (Lipinski definition) is 1. The van der Waals surface area contributed by atoms with Gasteiger partial charge in [-0.15, -0.1) is 0 Å². The zero-order chi connectivity index (χ0) is 17.8. The molecule has 0 bridgehead atoms. The predicted octanol–water partition coefficient (Wildman–Crippen LogP) is 2.99. The van der Waals surface area contributed by atoms with Crippen LogP contribution in [0, 0.1) is 18.7 Å². The van der Waals surface area contributed by atoms with Crippen LogP contribution < -0.4 is 5.73 Å². The highest BCUT2D eigenvalue weighted by Crippen LogP contribution is 2.24. The number of aryl methyl sites for hydroxylation is 2. The molecule has 1 aromatic carbocycles. The fourth-order valence-corrected chi connectivity index (χ4v) is 3.41. The molecule has 1 atom stereocenters. The van der Waals surface area contributed by atoms with Gasteiger partial charge in [0.2, 0.25) is 5.95 Å². The first-order valence-electron chi connectivity index (χ1n) is 8.66. The maximum Gasteiger partial charge on any atom is 0.257 e. The molecule has 3 rings (SSSR count). The van der Waals surface area contributed by atoms with Crippen molar-refractivity contribution in [2.24, 2.45) is 5.92 Å². The van der Waals surface area contributed by atoms with E-state index in [-0.39, 0.29) is 17.7 Å². The molecule has 6 heteroatoms. The zero-order valence-corrected chi connectivity index (χ0v) is 14.4. The Morgan fingerprint density at radius 3 is 2.96 bits per heavy atom. The van der Waals surface area contributed by atoms with Gasteiger partial charge >= 0.3 is 0 Å². The third kappa shape index (κ3) is 4.13. The van der Waals surface area contributed by atoms with Crippen molar-refractivity contribution in [3.63, 3.8) is 0 Å². The van der Waals surface area contributed by atoms with E-state index in [1.165, 1.54) is 12.3 Å². The Kier molecular flexibility index (Phi) is 5.26. The predicted molar refractivity (Wildman–Crippen MR) is 94.5 cm³/mol. The van der Waals surface area contributed by atoms with Crippen LogP contribution in [0.4, 0.5) is 10.3 Å². The number of nitrogen functional groups attached to an aromatic ring is 1. The molecule has 1 aliphatic heterocycles. The van der Waals surface area contributed by atoms with E-state index in [0.717, 1.165) is 31.4 Å². The van der Waals surface area contributed by atoms with Crippen molar-refractivity contribution in [2.75, 3.05) is 18.8 Å². The number of anilines is 1. The van der Waals surface area contributed by atoms with E-state index >= 15 is 0 Å². The second-order valence-electron chi connectivity index (χ2n) is 6.62. The minimum atomic E-state index is -0.152. The van der Waals surface area contributed by atoms with E-state index in [9.17, 15) is 9.18 Å². The van der Waals surface area contributed by atoms with Crippen LogP contribution in [-0.4, -0.2) is 33.9 Å². The summed E-state index contributed by atoms with van der Waals surface area (Å²) in [6.07, 6.45) is 5.10. The van der Waals surface area contributed by atoms with Gasteiger partial charge in [-0.3, -0.25) is 4.79 Å². The largest absolute Gasteiger partial charge is 0.368 e. The first-order chi connectivity index (χ1) is 12.0. The minimum absolute atomic E-state index is 0.0481. The Morgan fingerprint density at radius 1 is 1.40 bits per heavy atom. The molecular formula is C19H23FN4O. The van der Waals surface area contributed by atoms with Crippen LogP contribution in [-0.2, 0) is 6.42 Å². The summed E-state index contributed by atoms with van der Waals surface area (Å²) in [6.45, 7) is 3.20. The average Bonchev–Trinajstić information content (AvgIpc) is 2.61. The number of likely N-dealkylation sites (tertiary alicyclic amines) is 1. The summed E-state index contributed by atoms with van der Waals surface area (Å²) in [5.41, 5.74) is 7.41. The molecule has 2 heterocycles. The minimum Gasteiger partial charge on any atom is -0.368 e. The second kappa shape index (κ2) is 7.59. The van der Waals surface area contributed by atoms with E-state index < -0.39 is 0 Å². The highest BCUT2D eigenvalue weighted by Gasteiger charge is 2.26. The summed E-state index contributed by atoms with van der Waals surface area (Å²) in [5, 5.41) is 0. The van der Waals surface area contributed by atoms with E-state index in [1.54, 1.807) is 13.0 Å². The summed E-state index contributed by atoms with van der Waals surface area (Å²) in [4.78, 5) is 22.6. The smallest absolute Gasteiger partial charge is 0.257 e. The van der Waals surface area contributed by atoms with Crippen molar-refractivity contribution in [2.45, 2.75) is 32.6 Å². The lowest BCUT2D eigenvalue weighted by atomic mass is 9.91. The lowest BCUT2D eigenvalue weighted by Gasteiger charge is -2.33. The van der Waals surface area contributed by atoms with Crippen molar-refractivity contribution in [3.05, 3.63) is 53.1 Å². The summed E-state index contributed by atoms with van der Waals surface area (Å²) < 4.78 is 13.8. The van der Waals surface area contributed by atoms with E-state index in [4.69, 9.17) is 5.73 Å². The van der Waals surface area contributed by atoms with Crippen molar-refractivity contribution >= 4 is 11.9 Å². The molecule has 0 unspecified atom stereocenters. The van der Waals surface area contributed by atoms with Gasteiger partial charge < -0.3 is 10.6 Å². The van der Waals surface area contributed by atoms with Crippen LogP contribution in [0.5, 0.6) is 0 Å². The topological polar surface area (TPSA) is 72.1 Å². The summed E-state index contributed by atoms with van der Waals surface area (Å²) in [7, 11) is 0. The summed E-state index contributed by atoms with van der Waals surface area (Å²) in [5.74, 6) is 0.358. The second-order valence-corrected chi connectivity index (χ2v) is 6.62. The summed E-state index contributed by atoms with van der Waals surface area (Å²) in [6, 6.07) is 6.89. The Morgan fingerprint density at radius 2 is 2.20 bits per heavy atom. The van der Waals surface area contributed by atoms with Crippen molar-refractivity contribution in [1.29, 1.82) is 0 Å². The first kappa shape index (κ1) is 17.3. The third-order valence-corrected chi connectivity index (χ3v) is 4.81. The van der Waals surface area contributed by atoms with Crippen molar-refractivity contribution in [3.8, 4) is 0 Å². The number of rotatable bonds is 4. The Balaban J connectivity index is 1.62. The van der Waals surface area contributed by atoms with Crippen LogP contribution in [0.1, 0.15) is 40.9 Å². The van der Waals surface area contributed by atoms with Crippen LogP contribution in [0.2, 0.25) is 0 Å². The molecule has 1 aromatic heterocycles.